The molecule has 0 saturated heterocycles. The van der Waals surface area contributed by atoms with Crippen LogP contribution in [0.4, 0.5) is 0 Å². The van der Waals surface area contributed by atoms with Crippen molar-refractivity contribution in [2.45, 2.75) is 74.1 Å². The van der Waals surface area contributed by atoms with Crippen LogP contribution in [-0.4, -0.2) is 35.4 Å². The Labute approximate surface area is 278 Å². The van der Waals surface area contributed by atoms with Crippen molar-refractivity contribution in [3.63, 3.8) is 0 Å². The molecule has 0 aliphatic rings. The first-order valence-electron chi connectivity index (χ1n) is 16.0. The van der Waals surface area contributed by atoms with Gasteiger partial charge in [0.25, 0.3) is 0 Å². The average molecular weight is 616 g/mol. The van der Waals surface area contributed by atoms with Crippen molar-refractivity contribution in [1.29, 1.82) is 0 Å². The number of aryl methyl sites for hydroxylation is 1. The van der Waals surface area contributed by atoms with Crippen LogP contribution in [-0.2, 0) is 0 Å². The predicted octanol–water partition coefficient (Wildman–Crippen LogP) is 11.2. The summed E-state index contributed by atoms with van der Waals surface area (Å²) in [5.74, 6) is 0. The van der Waals surface area contributed by atoms with E-state index in [1.54, 1.807) is 12.3 Å². The van der Waals surface area contributed by atoms with Gasteiger partial charge in [-0.15, -0.1) is 0 Å². The second-order valence-corrected chi connectivity index (χ2v) is 10.3. The summed E-state index contributed by atoms with van der Waals surface area (Å²) in [6, 6.07) is 4.10. The van der Waals surface area contributed by atoms with Gasteiger partial charge in [-0.2, -0.15) is 0 Å². The predicted molar refractivity (Wildman–Crippen MR) is 207 cm³/mol. The van der Waals surface area contributed by atoms with E-state index in [2.05, 4.69) is 74.3 Å². The lowest BCUT2D eigenvalue weighted by Crippen LogP contribution is -2.05. The normalized spacial score (nSPS) is 14.8. The number of aromatic nitrogens is 1. The molecule has 0 saturated carbocycles. The second-order valence-electron chi connectivity index (χ2n) is 10.3. The third kappa shape index (κ3) is 15.8. The Morgan fingerprint density at radius 1 is 0.957 bits per heavy atom. The lowest BCUT2D eigenvalue weighted by atomic mass is 10.1. The van der Waals surface area contributed by atoms with Crippen molar-refractivity contribution in [2.75, 3.05) is 6.54 Å². The van der Waals surface area contributed by atoms with Crippen LogP contribution in [0.5, 0.6) is 0 Å². The van der Waals surface area contributed by atoms with Crippen LogP contribution < -0.4 is 0 Å². The molecule has 0 aliphatic carbocycles. The molecule has 46 heavy (non-hydrogen) atoms. The summed E-state index contributed by atoms with van der Waals surface area (Å²) in [7, 11) is 0. The van der Waals surface area contributed by atoms with Crippen molar-refractivity contribution in [3.8, 4) is 0 Å². The Morgan fingerprint density at radius 3 is 2.37 bits per heavy atom. The average Bonchev–Trinajstić information content (AvgIpc) is 3.06. The maximum Gasteiger partial charge on any atom is 0.0836 e. The lowest BCUT2D eigenvalue weighted by Gasteiger charge is -2.10. The van der Waals surface area contributed by atoms with Gasteiger partial charge in [0.1, 0.15) is 0 Å². The molecular weight excluding hydrogens is 562 g/mol. The molecule has 0 atom stereocenters. The minimum absolute atomic E-state index is 0.536. The number of hydrogen-bond donors (Lipinski definition) is 0. The van der Waals surface area contributed by atoms with Crippen molar-refractivity contribution >= 4 is 36.0 Å². The molecule has 0 bridgehead atoms. The molecule has 0 aromatic carbocycles. The zero-order chi connectivity index (χ0) is 34.0. The minimum Gasteiger partial charge on any atom is -0.288 e. The summed E-state index contributed by atoms with van der Waals surface area (Å²) in [5.41, 5.74) is 9.01. The van der Waals surface area contributed by atoms with Gasteiger partial charge in [-0.05, 0) is 88.0 Å². The number of nitrogens with zero attached hydrogens (tertiary/aromatic N) is 5. The zero-order valence-electron chi connectivity index (χ0n) is 29.1. The van der Waals surface area contributed by atoms with Crippen molar-refractivity contribution in [1.82, 2.24) is 4.98 Å². The first-order chi connectivity index (χ1) is 22.4. The zero-order valence-corrected chi connectivity index (χ0v) is 29.1. The van der Waals surface area contributed by atoms with E-state index >= 15 is 0 Å². The van der Waals surface area contributed by atoms with E-state index in [-0.39, 0.29) is 0 Å². The highest BCUT2D eigenvalue weighted by Crippen LogP contribution is 2.17. The number of pyridine rings is 1. The topological polar surface area (TPSA) is 62.3 Å². The standard InChI is InChI=1S/C41H53N5/c1-10-19-35(22-25-38(15-6)46-41(33(8)14-5)40(16-7)44-29-13-4)31-43-32-36(20-11-2)23-26-39-27-24-37(34(9)45-39)21-17-18-30-42-28-12-3/h10-13,15,17,19-24,26-30,32H,2,6,14,16,18,25,31H2,1,3-5,7-9H3/b19-10-,21-17-,26-23+,28-12-,29-13-,35-22+,36-20+,41-33+,42-30-,43-32+,44-40+,46-38+. The molecular formula is C41H53N5. The summed E-state index contributed by atoms with van der Waals surface area (Å²) in [4.78, 5) is 23.3. The Bertz CT molecular complexity index is 1490. The molecule has 1 rings (SSSR count). The van der Waals surface area contributed by atoms with Gasteiger partial charge in [0, 0.05) is 49.1 Å². The van der Waals surface area contributed by atoms with Crippen LogP contribution in [0.25, 0.3) is 12.2 Å². The van der Waals surface area contributed by atoms with Crippen molar-refractivity contribution < 1.29 is 0 Å². The summed E-state index contributed by atoms with van der Waals surface area (Å²) in [6.45, 7) is 22.8. The molecule has 0 radical (unpaired) electrons. The van der Waals surface area contributed by atoms with E-state index in [0.29, 0.717) is 13.0 Å². The molecule has 1 aromatic rings. The summed E-state index contributed by atoms with van der Waals surface area (Å²) in [5, 5.41) is 0. The van der Waals surface area contributed by atoms with E-state index in [0.717, 1.165) is 64.5 Å². The Hall–Kier alpha value is -4.77. The summed E-state index contributed by atoms with van der Waals surface area (Å²) >= 11 is 0. The Kier molecular flexibility index (Phi) is 20.9. The molecule has 0 spiro atoms. The molecule has 1 heterocycles. The fraction of sp³-hybridized carbons (Fsp3) is 0.293. The molecule has 5 heteroatoms. The maximum absolute atomic E-state index is 5.01. The molecule has 0 aliphatic heterocycles. The van der Waals surface area contributed by atoms with Gasteiger partial charge in [0.2, 0.25) is 0 Å². The molecule has 5 nitrogen and oxygen atoms in total. The molecule has 0 amide bonds. The van der Waals surface area contributed by atoms with E-state index in [9.17, 15) is 0 Å². The quantitative estimate of drug-likeness (QED) is 0.113. The molecule has 1 aromatic heterocycles. The van der Waals surface area contributed by atoms with Gasteiger partial charge in [0.05, 0.1) is 23.6 Å². The monoisotopic (exact) mass is 615 g/mol. The summed E-state index contributed by atoms with van der Waals surface area (Å²) in [6.07, 6.45) is 34.3. The van der Waals surface area contributed by atoms with E-state index in [1.165, 1.54) is 5.57 Å². The minimum atomic E-state index is 0.536. The Morgan fingerprint density at radius 2 is 1.74 bits per heavy atom. The van der Waals surface area contributed by atoms with E-state index in [1.807, 2.05) is 94.9 Å². The third-order valence-corrected chi connectivity index (χ3v) is 6.67. The fourth-order valence-electron chi connectivity index (χ4n) is 4.05. The van der Waals surface area contributed by atoms with Gasteiger partial charge in [-0.3, -0.25) is 25.0 Å². The Balaban J connectivity index is 3.10. The molecule has 242 valence electrons. The largest absolute Gasteiger partial charge is 0.288 e. The van der Waals surface area contributed by atoms with E-state index < -0.39 is 0 Å². The highest BCUT2D eigenvalue weighted by molar-refractivity contribution is 6.05. The van der Waals surface area contributed by atoms with Crippen LogP contribution in [0.3, 0.4) is 0 Å². The van der Waals surface area contributed by atoms with Crippen LogP contribution >= 0.6 is 0 Å². The number of allylic oxidation sites excluding steroid dienone is 12. The van der Waals surface area contributed by atoms with Gasteiger partial charge in [-0.25, -0.2) is 0 Å². The molecule has 0 unspecified atom stereocenters. The smallest absolute Gasteiger partial charge is 0.0836 e. The van der Waals surface area contributed by atoms with Crippen LogP contribution in [0.1, 0.15) is 84.2 Å². The molecule has 0 N–H and O–H groups in total. The first kappa shape index (κ1) is 39.3. The third-order valence-electron chi connectivity index (χ3n) is 6.67. The second kappa shape index (κ2) is 24.5. The van der Waals surface area contributed by atoms with E-state index in [4.69, 9.17) is 15.0 Å². The molecule has 0 fully saturated rings. The van der Waals surface area contributed by atoms with Gasteiger partial charge in [-0.1, -0.05) is 93.8 Å². The SMILES string of the molecule is C=C/C=C(\C=C\c1ccc(/C=C\C/C=N\C=C/C)c(C)n1)/C=N/CC(/C=C\C)=C/C/C(C=C)=N/C(C(/CC)=N/C=C\C)=C(\C)CC. The van der Waals surface area contributed by atoms with Crippen LogP contribution in [0.15, 0.2) is 141 Å². The highest BCUT2D eigenvalue weighted by Gasteiger charge is 2.08. The summed E-state index contributed by atoms with van der Waals surface area (Å²) < 4.78 is 0. The van der Waals surface area contributed by atoms with Crippen molar-refractivity contribution in [3.05, 3.63) is 138 Å². The van der Waals surface area contributed by atoms with Crippen LogP contribution in [0.2, 0.25) is 0 Å². The first-order valence-corrected chi connectivity index (χ1v) is 16.0. The number of hydrogen-bond acceptors (Lipinski definition) is 5. The highest BCUT2D eigenvalue weighted by atomic mass is 14.8. The van der Waals surface area contributed by atoms with Crippen molar-refractivity contribution in [2.24, 2.45) is 20.0 Å². The van der Waals surface area contributed by atoms with Gasteiger partial charge >= 0.3 is 0 Å². The lowest BCUT2D eigenvalue weighted by molar-refractivity contribution is 1.06. The fourth-order valence-corrected chi connectivity index (χ4v) is 4.05. The number of rotatable bonds is 19. The van der Waals surface area contributed by atoms with Gasteiger partial charge in [0.15, 0.2) is 0 Å². The number of aliphatic imine (C=N–C) groups is 4. The van der Waals surface area contributed by atoms with Crippen LogP contribution in [0, 0.1) is 6.92 Å². The maximum atomic E-state index is 5.01. The van der Waals surface area contributed by atoms with Gasteiger partial charge < -0.3 is 0 Å².